The molecule has 0 saturated heterocycles. The number of rotatable bonds is 7. The Morgan fingerprint density at radius 3 is 2.75 bits per heavy atom. The van der Waals surface area contributed by atoms with Crippen LogP contribution in [0.15, 0.2) is 12.4 Å². The summed E-state index contributed by atoms with van der Waals surface area (Å²) in [5, 5.41) is 3.21. The summed E-state index contributed by atoms with van der Waals surface area (Å²) in [6, 6.07) is 0. The van der Waals surface area contributed by atoms with Crippen molar-refractivity contribution in [3.63, 3.8) is 0 Å². The molecular formula is C11H20N4O. The Balaban J connectivity index is 2.49. The van der Waals surface area contributed by atoms with Crippen molar-refractivity contribution in [2.75, 3.05) is 38.8 Å². The second kappa shape index (κ2) is 7.14. The van der Waals surface area contributed by atoms with Crippen LogP contribution in [0.1, 0.15) is 12.6 Å². The van der Waals surface area contributed by atoms with Crippen molar-refractivity contribution in [1.82, 2.24) is 15.3 Å². The SMILES string of the molecule is CCNCc1cnc(N(C)CCOC)cn1. The highest BCUT2D eigenvalue weighted by atomic mass is 16.5. The van der Waals surface area contributed by atoms with Gasteiger partial charge in [0.2, 0.25) is 0 Å². The summed E-state index contributed by atoms with van der Waals surface area (Å²) in [4.78, 5) is 10.7. The fourth-order valence-corrected chi connectivity index (χ4v) is 1.23. The molecule has 1 rings (SSSR count). The van der Waals surface area contributed by atoms with Crippen LogP contribution in [-0.4, -0.2) is 43.8 Å². The number of hydrogen-bond donors (Lipinski definition) is 1. The molecular weight excluding hydrogens is 204 g/mol. The van der Waals surface area contributed by atoms with E-state index in [1.807, 2.05) is 11.9 Å². The summed E-state index contributed by atoms with van der Waals surface area (Å²) in [5.41, 5.74) is 0.964. The van der Waals surface area contributed by atoms with E-state index in [1.165, 1.54) is 0 Å². The standard InChI is InChI=1S/C11H20N4O/c1-4-12-7-10-8-14-11(9-13-10)15(2)5-6-16-3/h8-9,12H,4-7H2,1-3H3. The van der Waals surface area contributed by atoms with Crippen molar-refractivity contribution in [2.45, 2.75) is 13.5 Å². The van der Waals surface area contributed by atoms with Gasteiger partial charge in [-0.15, -0.1) is 0 Å². The molecule has 0 atom stereocenters. The Kier molecular flexibility index (Phi) is 5.74. The Morgan fingerprint density at radius 1 is 1.38 bits per heavy atom. The van der Waals surface area contributed by atoms with Gasteiger partial charge in [0, 0.05) is 27.2 Å². The number of likely N-dealkylation sites (N-methyl/N-ethyl adjacent to an activating group) is 1. The van der Waals surface area contributed by atoms with Crippen LogP contribution in [0.5, 0.6) is 0 Å². The normalized spacial score (nSPS) is 10.4. The highest BCUT2D eigenvalue weighted by molar-refractivity contribution is 5.34. The molecule has 0 aliphatic carbocycles. The Hall–Kier alpha value is -1.20. The minimum Gasteiger partial charge on any atom is -0.383 e. The van der Waals surface area contributed by atoms with Gasteiger partial charge in [-0.1, -0.05) is 6.92 Å². The zero-order valence-corrected chi connectivity index (χ0v) is 10.2. The number of nitrogens with one attached hydrogen (secondary N) is 1. The number of methoxy groups -OCH3 is 1. The molecule has 0 saturated carbocycles. The summed E-state index contributed by atoms with van der Waals surface area (Å²) in [6.45, 7) is 5.29. The van der Waals surface area contributed by atoms with Crippen molar-refractivity contribution in [2.24, 2.45) is 0 Å². The summed E-state index contributed by atoms with van der Waals surface area (Å²) < 4.78 is 5.01. The van der Waals surface area contributed by atoms with Crippen molar-refractivity contribution in [3.8, 4) is 0 Å². The monoisotopic (exact) mass is 224 g/mol. The molecule has 16 heavy (non-hydrogen) atoms. The average molecular weight is 224 g/mol. The molecule has 90 valence electrons. The van der Waals surface area contributed by atoms with E-state index in [0.29, 0.717) is 6.61 Å². The van der Waals surface area contributed by atoms with Crippen molar-refractivity contribution in [1.29, 1.82) is 0 Å². The Morgan fingerprint density at radius 2 is 2.19 bits per heavy atom. The smallest absolute Gasteiger partial charge is 0.146 e. The zero-order chi connectivity index (χ0) is 11.8. The highest BCUT2D eigenvalue weighted by Gasteiger charge is 2.02. The van der Waals surface area contributed by atoms with Crippen LogP contribution >= 0.6 is 0 Å². The van der Waals surface area contributed by atoms with Crippen LogP contribution in [0.4, 0.5) is 5.82 Å². The molecule has 1 aromatic heterocycles. The lowest BCUT2D eigenvalue weighted by Gasteiger charge is -2.17. The molecule has 1 N–H and O–H groups in total. The maximum absolute atomic E-state index is 5.01. The summed E-state index contributed by atoms with van der Waals surface area (Å²) in [5.74, 6) is 0.872. The van der Waals surface area contributed by atoms with Crippen LogP contribution in [-0.2, 0) is 11.3 Å². The third-order valence-corrected chi connectivity index (χ3v) is 2.27. The fraction of sp³-hybridized carbons (Fsp3) is 0.636. The van der Waals surface area contributed by atoms with Crippen LogP contribution < -0.4 is 10.2 Å². The first-order valence-corrected chi connectivity index (χ1v) is 5.49. The summed E-state index contributed by atoms with van der Waals surface area (Å²) >= 11 is 0. The minimum absolute atomic E-state index is 0.692. The van der Waals surface area contributed by atoms with Gasteiger partial charge in [0.25, 0.3) is 0 Å². The van der Waals surface area contributed by atoms with Gasteiger partial charge in [0.05, 0.1) is 24.7 Å². The average Bonchev–Trinajstić information content (AvgIpc) is 2.34. The first-order valence-electron chi connectivity index (χ1n) is 5.49. The van der Waals surface area contributed by atoms with Crippen molar-refractivity contribution >= 4 is 5.82 Å². The van der Waals surface area contributed by atoms with Crippen molar-refractivity contribution < 1.29 is 4.74 Å². The van der Waals surface area contributed by atoms with Gasteiger partial charge in [0.15, 0.2) is 0 Å². The Bertz CT molecular complexity index is 289. The van der Waals surface area contributed by atoms with Crippen molar-refractivity contribution in [3.05, 3.63) is 18.1 Å². The first-order chi connectivity index (χ1) is 7.77. The molecule has 5 nitrogen and oxygen atoms in total. The molecule has 0 bridgehead atoms. The van der Waals surface area contributed by atoms with Gasteiger partial charge in [0.1, 0.15) is 5.82 Å². The topological polar surface area (TPSA) is 50.3 Å². The minimum atomic E-state index is 0.692. The predicted octanol–water partition coefficient (Wildman–Crippen LogP) is 0.669. The van der Waals surface area contributed by atoms with E-state index in [1.54, 1.807) is 19.5 Å². The Labute approximate surface area is 96.8 Å². The van der Waals surface area contributed by atoms with Crippen LogP contribution in [0.2, 0.25) is 0 Å². The quantitative estimate of drug-likeness (QED) is 0.737. The number of hydrogen-bond acceptors (Lipinski definition) is 5. The lowest BCUT2D eigenvalue weighted by atomic mass is 10.4. The summed E-state index contributed by atoms with van der Waals surface area (Å²) in [7, 11) is 3.67. The van der Waals surface area contributed by atoms with E-state index in [9.17, 15) is 0 Å². The van der Waals surface area contributed by atoms with E-state index >= 15 is 0 Å². The fourth-order valence-electron chi connectivity index (χ4n) is 1.23. The van der Waals surface area contributed by atoms with E-state index in [2.05, 4.69) is 22.2 Å². The van der Waals surface area contributed by atoms with Gasteiger partial charge in [-0.25, -0.2) is 4.98 Å². The molecule has 0 aliphatic heterocycles. The molecule has 5 heteroatoms. The first kappa shape index (κ1) is 12.9. The van der Waals surface area contributed by atoms with Gasteiger partial charge in [-0.2, -0.15) is 0 Å². The van der Waals surface area contributed by atoms with E-state index in [4.69, 9.17) is 4.74 Å². The molecule has 0 aromatic carbocycles. The molecule has 0 spiro atoms. The lowest BCUT2D eigenvalue weighted by molar-refractivity contribution is 0.206. The molecule has 0 unspecified atom stereocenters. The molecule has 1 aromatic rings. The largest absolute Gasteiger partial charge is 0.383 e. The van der Waals surface area contributed by atoms with Gasteiger partial charge in [-0.3, -0.25) is 4.98 Å². The van der Waals surface area contributed by atoms with Gasteiger partial charge >= 0.3 is 0 Å². The van der Waals surface area contributed by atoms with E-state index in [-0.39, 0.29) is 0 Å². The third kappa shape index (κ3) is 4.12. The maximum Gasteiger partial charge on any atom is 0.146 e. The molecule has 0 aliphatic rings. The van der Waals surface area contributed by atoms with Crippen LogP contribution in [0, 0.1) is 0 Å². The number of aromatic nitrogens is 2. The highest BCUT2D eigenvalue weighted by Crippen LogP contribution is 2.06. The van der Waals surface area contributed by atoms with E-state index < -0.39 is 0 Å². The summed E-state index contributed by atoms with van der Waals surface area (Å²) in [6.07, 6.45) is 3.60. The predicted molar refractivity (Wildman–Crippen MR) is 64.6 cm³/mol. The molecule has 0 radical (unpaired) electrons. The zero-order valence-electron chi connectivity index (χ0n) is 10.2. The van der Waals surface area contributed by atoms with Crippen LogP contribution in [0.3, 0.4) is 0 Å². The second-order valence-corrected chi connectivity index (χ2v) is 3.56. The van der Waals surface area contributed by atoms with Gasteiger partial charge in [-0.05, 0) is 6.54 Å². The number of ether oxygens (including phenoxy) is 1. The lowest BCUT2D eigenvalue weighted by Crippen LogP contribution is -2.23. The maximum atomic E-state index is 5.01. The number of nitrogens with zero attached hydrogens (tertiary/aromatic N) is 3. The van der Waals surface area contributed by atoms with Gasteiger partial charge < -0.3 is 15.0 Å². The van der Waals surface area contributed by atoms with Crippen LogP contribution in [0.25, 0.3) is 0 Å². The molecule has 1 heterocycles. The second-order valence-electron chi connectivity index (χ2n) is 3.56. The third-order valence-electron chi connectivity index (χ3n) is 2.27. The number of anilines is 1. The molecule has 0 fully saturated rings. The molecule has 0 amide bonds. The van der Waals surface area contributed by atoms with E-state index in [0.717, 1.165) is 31.1 Å².